The quantitative estimate of drug-likeness (QED) is 0.533. The van der Waals surface area contributed by atoms with E-state index in [9.17, 15) is 14.9 Å². The summed E-state index contributed by atoms with van der Waals surface area (Å²) in [4.78, 5) is 22.1. The lowest BCUT2D eigenvalue weighted by molar-refractivity contribution is -0.385. The maximum atomic E-state index is 11.9. The van der Waals surface area contributed by atoms with Gasteiger partial charge in [-0.3, -0.25) is 14.9 Å². The Morgan fingerprint density at radius 3 is 2.55 bits per heavy atom. The standard InChI is InChI=1S/C15H12ClN3O3/c1-10-8-12(4-7-14(10)19(21)22)15(20)18-17-9-11-2-5-13(16)6-3-11/h2-9H,1H3,(H,18,20). The molecule has 0 heterocycles. The van der Waals surface area contributed by atoms with Crippen molar-refractivity contribution in [2.75, 3.05) is 0 Å². The van der Waals surface area contributed by atoms with E-state index in [1.807, 2.05) is 0 Å². The molecule has 22 heavy (non-hydrogen) atoms. The summed E-state index contributed by atoms with van der Waals surface area (Å²) < 4.78 is 0. The first kappa shape index (κ1) is 15.7. The Labute approximate surface area is 131 Å². The summed E-state index contributed by atoms with van der Waals surface area (Å²) in [6, 6.07) is 11.1. The van der Waals surface area contributed by atoms with Crippen molar-refractivity contribution in [3.05, 3.63) is 74.3 Å². The summed E-state index contributed by atoms with van der Waals surface area (Å²) in [7, 11) is 0. The Balaban J connectivity index is 2.04. The summed E-state index contributed by atoms with van der Waals surface area (Å²) in [5.41, 5.74) is 3.84. The molecule has 0 spiro atoms. The van der Waals surface area contributed by atoms with Crippen LogP contribution < -0.4 is 5.43 Å². The van der Waals surface area contributed by atoms with E-state index in [2.05, 4.69) is 10.5 Å². The number of benzene rings is 2. The zero-order chi connectivity index (χ0) is 16.1. The highest BCUT2D eigenvalue weighted by atomic mass is 35.5. The average molecular weight is 318 g/mol. The highest BCUT2D eigenvalue weighted by molar-refractivity contribution is 6.30. The smallest absolute Gasteiger partial charge is 0.267 e. The molecule has 0 saturated carbocycles. The van der Waals surface area contributed by atoms with Crippen molar-refractivity contribution >= 4 is 29.4 Å². The fourth-order valence-corrected chi connectivity index (χ4v) is 1.91. The fourth-order valence-electron chi connectivity index (χ4n) is 1.78. The van der Waals surface area contributed by atoms with Gasteiger partial charge in [-0.25, -0.2) is 5.43 Å². The van der Waals surface area contributed by atoms with E-state index in [-0.39, 0.29) is 5.69 Å². The molecule has 0 radical (unpaired) electrons. The second-order valence-corrected chi connectivity index (χ2v) is 4.95. The van der Waals surface area contributed by atoms with Crippen LogP contribution >= 0.6 is 11.6 Å². The number of rotatable bonds is 4. The molecule has 1 N–H and O–H groups in total. The molecule has 0 atom stereocenters. The topological polar surface area (TPSA) is 84.6 Å². The molecule has 0 saturated heterocycles. The first-order valence-corrected chi connectivity index (χ1v) is 6.69. The number of halogens is 1. The van der Waals surface area contributed by atoms with E-state index < -0.39 is 10.8 Å². The van der Waals surface area contributed by atoms with Gasteiger partial charge >= 0.3 is 0 Å². The van der Waals surface area contributed by atoms with Crippen LogP contribution in [0.15, 0.2) is 47.6 Å². The largest absolute Gasteiger partial charge is 0.272 e. The SMILES string of the molecule is Cc1cc(C(=O)NN=Cc2ccc(Cl)cc2)ccc1[N+](=O)[O-]. The van der Waals surface area contributed by atoms with Crippen molar-refractivity contribution in [2.24, 2.45) is 5.10 Å². The molecule has 0 aliphatic carbocycles. The van der Waals surface area contributed by atoms with E-state index in [1.54, 1.807) is 31.2 Å². The number of carbonyl (C=O) groups is 1. The summed E-state index contributed by atoms with van der Waals surface area (Å²) in [6.07, 6.45) is 1.48. The number of nitrogens with one attached hydrogen (secondary N) is 1. The molecule has 0 aliphatic rings. The number of aryl methyl sites for hydroxylation is 1. The Bertz CT molecular complexity index is 742. The predicted octanol–water partition coefficient (Wildman–Crippen LogP) is 3.32. The van der Waals surface area contributed by atoms with Crippen LogP contribution in [0.25, 0.3) is 0 Å². The van der Waals surface area contributed by atoms with Gasteiger partial charge in [0.2, 0.25) is 0 Å². The molecule has 0 aliphatic heterocycles. The van der Waals surface area contributed by atoms with Crippen LogP contribution in [-0.4, -0.2) is 17.0 Å². The Morgan fingerprint density at radius 1 is 1.27 bits per heavy atom. The fraction of sp³-hybridized carbons (Fsp3) is 0.0667. The molecule has 1 amide bonds. The number of hydrogen-bond donors (Lipinski definition) is 1. The molecular weight excluding hydrogens is 306 g/mol. The van der Waals surface area contributed by atoms with Gasteiger partial charge in [0.1, 0.15) is 0 Å². The summed E-state index contributed by atoms with van der Waals surface area (Å²) in [6.45, 7) is 1.58. The average Bonchev–Trinajstić information content (AvgIpc) is 2.48. The molecule has 112 valence electrons. The van der Waals surface area contributed by atoms with Gasteiger partial charge < -0.3 is 0 Å². The predicted molar refractivity (Wildman–Crippen MR) is 84.3 cm³/mol. The van der Waals surface area contributed by atoms with Crippen molar-refractivity contribution in [3.8, 4) is 0 Å². The minimum Gasteiger partial charge on any atom is -0.267 e. The zero-order valence-corrected chi connectivity index (χ0v) is 12.4. The monoisotopic (exact) mass is 317 g/mol. The molecular formula is C15H12ClN3O3. The lowest BCUT2D eigenvalue weighted by Gasteiger charge is -2.02. The number of hydrogen-bond acceptors (Lipinski definition) is 4. The third kappa shape index (κ3) is 3.89. The minimum atomic E-state index is -0.490. The van der Waals surface area contributed by atoms with Crippen molar-refractivity contribution in [1.82, 2.24) is 5.43 Å². The second kappa shape index (κ2) is 6.82. The summed E-state index contributed by atoms with van der Waals surface area (Å²) >= 11 is 5.76. The Kier molecular flexibility index (Phi) is 4.85. The van der Waals surface area contributed by atoms with Crippen molar-refractivity contribution < 1.29 is 9.72 Å². The van der Waals surface area contributed by atoms with Crippen LogP contribution in [0.1, 0.15) is 21.5 Å². The number of carbonyl (C=O) groups excluding carboxylic acids is 1. The number of nitro benzene ring substituents is 1. The van der Waals surface area contributed by atoms with Gasteiger partial charge in [0.25, 0.3) is 11.6 Å². The van der Waals surface area contributed by atoms with E-state index in [4.69, 9.17) is 11.6 Å². The van der Waals surface area contributed by atoms with Gasteiger partial charge in [-0.1, -0.05) is 23.7 Å². The number of hydrazone groups is 1. The summed E-state index contributed by atoms with van der Waals surface area (Å²) in [5, 5.41) is 15.2. The minimum absolute atomic E-state index is 0.0267. The normalized spacial score (nSPS) is 10.6. The van der Waals surface area contributed by atoms with Crippen molar-refractivity contribution in [3.63, 3.8) is 0 Å². The molecule has 0 bridgehead atoms. The van der Waals surface area contributed by atoms with E-state index in [0.717, 1.165) is 5.56 Å². The van der Waals surface area contributed by atoms with Gasteiger partial charge in [0.15, 0.2) is 0 Å². The molecule has 0 unspecified atom stereocenters. The number of amides is 1. The van der Waals surface area contributed by atoms with Gasteiger partial charge in [0, 0.05) is 22.2 Å². The van der Waals surface area contributed by atoms with E-state index >= 15 is 0 Å². The van der Waals surface area contributed by atoms with E-state index in [0.29, 0.717) is 16.1 Å². The number of nitrogens with zero attached hydrogens (tertiary/aromatic N) is 2. The first-order valence-electron chi connectivity index (χ1n) is 6.31. The zero-order valence-electron chi connectivity index (χ0n) is 11.6. The van der Waals surface area contributed by atoms with Gasteiger partial charge in [-0.05, 0) is 36.8 Å². The van der Waals surface area contributed by atoms with Crippen LogP contribution in [0.5, 0.6) is 0 Å². The van der Waals surface area contributed by atoms with Crippen LogP contribution in [0.3, 0.4) is 0 Å². The van der Waals surface area contributed by atoms with Crippen LogP contribution in [0, 0.1) is 17.0 Å². The van der Waals surface area contributed by atoms with E-state index in [1.165, 1.54) is 24.4 Å². The first-order chi connectivity index (χ1) is 10.5. The third-order valence-electron chi connectivity index (χ3n) is 2.91. The van der Waals surface area contributed by atoms with Crippen molar-refractivity contribution in [2.45, 2.75) is 6.92 Å². The Hall–Kier alpha value is -2.73. The van der Waals surface area contributed by atoms with Gasteiger partial charge in [0.05, 0.1) is 11.1 Å². The molecule has 2 aromatic carbocycles. The van der Waals surface area contributed by atoms with Crippen LogP contribution in [0.2, 0.25) is 5.02 Å². The third-order valence-corrected chi connectivity index (χ3v) is 3.16. The Morgan fingerprint density at radius 2 is 1.95 bits per heavy atom. The second-order valence-electron chi connectivity index (χ2n) is 4.51. The molecule has 2 aromatic rings. The lowest BCUT2D eigenvalue weighted by atomic mass is 10.1. The van der Waals surface area contributed by atoms with Crippen LogP contribution in [0.4, 0.5) is 5.69 Å². The molecule has 2 rings (SSSR count). The molecule has 7 heteroatoms. The van der Waals surface area contributed by atoms with Gasteiger partial charge in [-0.2, -0.15) is 5.10 Å². The van der Waals surface area contributed by atoms with Crippen molar-refractivity contribution in [1.29, 1.82) is 0 Å². The molecule has 0 aromatic heterocycles. The van der Waals surface area contributed by atoms with Crippen LogP contribution in [-0.2, 0) is 0 Å². The maximum Gasteiger partial charge on any atom is 0.272 e. The molecule has 6 nitrogen and oxygen atoms in total. The highest BCUT2D eigenvalue weighted by Gasteiger charge is 2.13. The molecule has 0 fully saturated rings. The maximum absolute atomic E-state index is 11.9. The highest BCUT2D eigenvalue weighted by Crippen LogP contribution is 2.18. The lowest BCUT2D eigenvalue weighted by Crippen LogP contribution is -2.17. The number of nitro groups is 1. The summed E-state index contributed by atoms with van der Waals surface area (Å²) in [5.74, 6) is -0.441. The van der Waals surface area contributed by atoms with Gasteiger partial charge in [-0.15, -0.1) is 0 Å².